The van der Waals surface area contributed by atoms with Crippen LogP contribution in [0.2, 0.25) is 0 Å². The van der Waals surface area contributed by atoms with Crippen molar-refractivity contribution in [3.05, 3.63) is 65.7 Å². The molecule has 2 aromatic carbocycles. The van der Waals surface area contributed by atoms with E-state index in [1.165, 1.54) is 46.0 Å². The molecule has 2 atom stereocenters. The van der Waals surface area contributed by atoms with E-state index in [9.17, 15) is 26.4 Å². The summed E-state index contributed by atoms with van der Waals surface area (Å²) in [5.74, 6) is -2.35. The molecule has 1 saturated heterocycles. The van der Waals surface area contributed by atoms with Gasteiger partial charge in [0.15, 0.2) is 0 Å². The van der Waals surface area contributed by atoms with Crippen molar-refractivity contribution in [2.24, 2.45) is 5.92 Å². The van der Waals surface area contributed by atoms with Gasteiger partial charge in [-0.15, -0.1) is 0 Å². The molecular formula is C24H28F3N3O6S. The molecule has 0 spiro atoms. The van der Waals surface area contributed by atoms with Gasteiger partial charge in [0.2, 0.25) is 10.0 Å². The van der Waals surface area contributed by atoms with E-state index in [0.717, 1.165) is 19.4 Å². The summed E-state index contributed by atoms with van der Waals surface area (Å²) in [6.45, 7) is 1.92. The SMILES string of the molecule is O=C(NO)c1ccc(S(=O)(=O)N2CCC(CNC3CC3c3ccccc3)CC2)cc1.O=C(O)C(F)(F)F. The number of carbonyl (C=O) groups excluding carboxylic acids is 1. The number of carbonyl (C=O) groups is 2. The summed E-state index contributed by atoms with van der Waals surface area (Å²) in [5.41, 5.74) is 3.13. The summed E-state index contributed by atoms with van der Waals surface area (Å²) in [6, 6.07) is 16.7. The van der Waals surface area contributed by atoms with Crippen molar-refractivity contribution in [2.45, 2.75) is 42.3 Å². The third-order valence-corrected chi connectivity index (χ3v) is 8.27. The molecule has 0 bridgehead atoms. The van der Waals surface area contributed by atoms with Crippen molar-refractivity contribution in [1.82, 2.24) is 15.1 Å². The van der Waals surface area contributed by atoms with Crippen LogP contribution < -0.4 is 10.8 Å². The molecule has 9 nitrogen and oxygen atoms in total. The van der Waals surface area contributed by atoms with Gasteiger partial charge in [-0.25, -0.2) is 18.7 Å². The average molecular weight is 544 g/mol. The zero-order valence-electron chi connectivity index (χ0n) is 19.7. The van der Waals surface area contributed by atoms with E-state index >= 15 is 0 Å². The van der Waals surface area contributed by atoms with Crippen molar-refractivity contribution in [2.75, 3.05) is 19.6 Å². The molecule has 2 fully saturated rings. The fourth-order valence-electron chi connectivity index (χ4n) is 4.15. The van der Waals surface area contributed by atoms with Crippen LogP contribution in [-0.4, -0.2) is 66.8 Å². The number of alkyl halides is 3. The number of halogens is 3. The molecule has 202 valence electrons. The Kier molecular flexibility index (Phi) is 9.29. The molecule has 1 amide bonds. The second-order valence-electron chi connectivity index (χ2n) is 8.88. The number of nitrogens with zero attached hydrogens (tertiary/aromatic N) is 1. The number of rotatable bonds is 7. The Labute approximate surface area is 212 Å². The molecule has 0 aromatic heterocycles. The van der Waals surface area contributed by atoms with Crippen molar-refractivity contribution in [3.8, 4) is 0 Å². The summed E-state index contributed by atoms with van der Waals surface area (Å²) in [7, 11) is -3.58. The molecular weight excluding hydrogens is 515 g/mol. The lowest BCUT2D eigenvalue weighted by atomic mass is 9.98. The second kappa shape index (κ2) is 12.0. The van der Waals surface area contributed by atoms with E-state index in [4.69, 9.17) is 15.1 Å². The highest BCUT2D eigenvalue weighted by atomic mass is 32.2. The lowest BCUT2D eigenvalue weighted by molar-refractivity contribution is -0.192. The van der Waals surface area contributed by atoms with Gasteiger partial charge in [-0.2, -0.15) is 17.5 Å². The van der Waals surface area contributed by atoms with Crippen LogP contribution >= 0.6 is 0 Å². The smallest absolute Gasteiger partial charge is 0.475 e. The van der Waals surface area contributed by atoms with E-state index in [1.54, 1.807) is 0 Å². The number of sulfonamides is 1. The largest absolute Gasteiger partial charge is 0.490 e. The molecule has 13 heteroatoms. The Morgan fingerprint density at radius 1 is 1.00 bits per heavy atom. The molecule has 2 unspecified atom stereocenters. The number of carboxylic acids is 1. The summed E-state index contributed by atoms with van der Waals surface area (Å²) in [6.07, 6.45) is -2.25. The normalized spacial score (nSPS) is 20.4. The maximum absolute atomic E-state index is 12.9. The molecule has 1 heterocycles. The molecule has 2 aliphatic rings. The molecule has 4 N–H and O–H groups in total. The lowest BCUT2D eigenvalue weighted by Crippen LogP contribution is -2.41. The van der Waals surface area contributed by atoms with Gasteiger partial charge in [0.1, 0.15) is 0 Å². The number of hydrogen-bond donors (Lipinski definition) is 4. The third kappa shape index (κ3) is 7.74. The highest BCUT2D eigenvalue weighted by molar-refractivity contribution is 7.89. The molecule has 1 aliphatic carbocycles. The van der Waals surface area contributed by atoms with Crippen molar-refractivity contribution in [3.63, 3.8) is 0 Å². The monoisotopic (exact) mass is 543 g/mol. The van der Waals surface area contributed by atoms with Crippen LogP contribution in [0.5, 0.6) is 0 Å². The number of hydrogen-bond acceptors (Lipinski definition) is 6. The quantitative estimate of drug-likeness (QED) is 0.311. The predicted molar refractivity (Wildman–Crippen MR) is 126 cm³/mol. The van der Waals surface area contributed by atoms with E-state index < -0.39 is 28.1 Å². The fourth-order valence-corrected chi connectivity index (χ4v) is 5.62. The van der Waals surface area contributed by atoms with Crippen molar-refractivity contribution in [1.29, 1.82) is 0 Å². The van der Waals surface area contributed by atoms with E-state index in [2.05, 4.69) is 29.6 Å². The first-order valence-electron chi connectivity index (χ1n) is 11.6. The van der Waals surface area contributed by atoms with Crippen LogP contribution in [0, 0.1) is 5.92 Å². The maximum Gasteiger partial charge on any atom is 0.490 e. The number of aliphatic carboxylic acids is 1. The van der Waals surface area contributed by atoms with Crippen LogP contribution in [0.15, 0.2) is 59.5 Å². The van der Waals surface area contributed by atoms with Crippen molar-refractivity contribution >= 4 is 21.9 Å². The Morgan fingerprint density at radius 2 is 1.57 bits per heavy atom. The Hall–Kier alpha value is -3.00. The van der Waals surface area contributed by atoms with Crippen LogP contribution in [-0.2, 0) is 14.8 Å². The topological polar surface area (TPSA) is 136 Å². The minimum Gasteiger partial charge on any atom is -0.475 e. The Morgan fingerprint density at radius 3 is 2.08 bits per heavy atom. The second-order valence-corrected chi connectivity index (χ2v) is 10.8. The van der Waals surface area contributed by atoms with Gasteiger partial charge in [-0.05, 0) is 61.6 Å². The highest BCUT2D eigenvalue weighted by Crippen LogP contribution is 2.40. The fraction of sp³-hybridized carbons (Fsp3) is 0.417. The van der Waals surface area contributed by atoms with Crippen LogP contribution in [0.3, 0.4) is 0 Å². The van der Waals surface area contributed by atoms with E-state index in [0.29, 0.717) is 31.0 Å². The molecule has 1 saturated carbocycles. The molecule has 0 radical (unpaired) electrons. The first kappa shape index (κ1) is 28.6. The summed E-state index contributed by atoms with van der Waals surface area (Å²) in [4.78, 5) is 20.5. The first-order chi connectivity index (χ1) is 17.4. The third-order valence-electron chi connectivity index (χ3n) is 6.36. The minimum absolute atomic E-state index is 0.164. The lowest BCUT2D eigenvalue weighted by Gasteiger charge is -2.31. The number of hydroxylamine groups is 1. The van der Waals surface area contributed by atoms with Gasteiger partial charge in [0, 0.05) is 30.6 Å². The van der Waals surface area contributed by atoms with E-state index in [1.807, 2.05) is 6.07 Å². The van der Waals surface area contributed by atoms with Crippen LogP contribution in [0.4, 0.5) is 13.2 Å². The van der Waals surface area contributed by atoms with Crippen molar-refractivity contribution < 1.29 is 41.5 Å². The highest BCUT2D eigenvalue weighted by Gasteiger charge is 2.39. The number of benzene rings is 2. The number of piperidine rings is 1. The molecule has 37 heavy (non-hydrogen) atoms. The van der Waals surface area contributed by atoms with Crippen LogP contribution in [0.1, 0.15) is 41.1 Å². The van der Waals surface area contributed by atoms with Gasteiger partial charge in [0.05, 0.1) is 4.90 Å². The number of carboxylic acid groups (broad SMARTS) is 1. The summed E-state index contributed by atoms with van der Waals surface area (Å²) >= 11 is 0. The minimum atomic E-state index is -5.08. The van der Waals surface area contributed by atoms with E-state index in [-0.39, 0.29) is 10.5 Å². The van der Waals surface area contributed by atoms with Crippen LogP contribution in [0.25, 0.3) is 0 Å². The summed E-state index contributed by atoms with van der Waals surface area (Å²) < 4.78 is 59.0. The van der Waals surface area contributed by atoms with Gasteiger partial charge in [-0.3, -0.25) is 10.0 Å². The number of nitrogens with one attached hydrogen (secondary N) is 2. The molecule has 1 aliphatic heterocycles. The zero-order chi connectivity index (χ0) is 27.2. The number of amides is 1. The maximum atomic E-state index is 12.9. The van der Waals surface area contributed by atoms with Gasteiger partial charge >= 0.3 is 12.1 Å². The summed E-state index contributed by atoms with van der Waals surface area (Å²) in [5, 5.41) is 19.5. The standard InChI is InChI=1S/C22H27N3O4S.C2HF3O2/c26-22(24-27)18-6-8-19(9-7-18)30(28,29)25-12-10-16(11-13-25)15-23-21-14-20(21)17-4-2-1-3-5-17;3-2(4,5)1(6)7/h1-9,16,20-21,23,27H,10-15H2,(H,24,26);(H,6,7). The van der Waals surface area contributed by atoms with Gasteiger partial charge in [0.25, 0.3) is 5.91 Å². The molecule has 2 aromatic rings. The molecule has 4 rings (SSSR count). The van der Waals surface area contributed by atoms with Gasteiger partial charge in [-0.1, -0.05) is 30.3 Å². The zero-order valence-corrected chi connectivity index (χ0v) is 20.5. The average Bonchev–Trinajstić information content (AvgIpc) is 3.67. The predicted octanol–water partition coefficient (Wildman–Crippen LogP) is 2.99. The Bertz CT molecular complexity index is 1170. The Balaban J connectivity index is 0.000000479. The van der Waals surface area contributed by atoms with Gasteiger partial charge < -0.3 is 10.4 Å². The first-order valence-corrected chi connectivity index (χ1v) is 13.0.